The van der Waals surface area contributed by atoms with E-state index in [2.05, 4.69) is 21.2 Å². The first-order valence-electron chi connectivity index (χ1n) is 8.28. The molecule has 0 amide bonds. The van der Waals surface area contributed by atoms with Crippen LogP contribution >= 0.6 is 39.1 Å². The van der Waals surface area contributed by atoms with Gasteiger partial charge in [0.2, 0.25) is 0 Å². The molecule has 0 saturated heterocycles. The zero-order chi connectivity index (χ0) is 19.2. The van der Waals surface area contributed by atoms with E-state index in [-0.39, 0.29) is 0 Å². The molecule has 0 heterocycles. The number of methoxy groups -OCH3 is 1. The van der Waals surface area contributed by atoms with Crippen LogP contribution in [0, 0.1) is 0 Å². The SMILES string of the molecule is COc1cc(CNc2ccc(Br)cc2)cc(Cl)c1OCc1cccc(Cl)c1. The molecule has 6 heteroatoms. The van der Waals surface area contributed by atoms with E-state index in [0.717, 1.165) is 21.3 Å². The minimum absolute atomic E-state index is 0.354. The monoisotopic (exact) mass is 465 g/mol. The standard InChI is InChI=1S/C21H18BrCl2NO2/c1-26-20-11-15(12-25-18-7-5-16(22)6-8-18)10-19(24)21(20)27-13-14-3-2-4-17(23)9-14/h2-11,25H,12-13H2,1H3. The van der Waals surface area contributed by atoms with E-state index in [1.807, 2.05) is 60.7 Å². The van der Waals surface area contributed by atoms with Gasteiger partial charge in [-0.15, -0.1) is 0 Å². The van der Waals surface area contributed by atoms with Crippen LogP contribution in [0.2, 0.25) is 10.0 Å². The molecule has 0 bridgehead atoms. The smallest absolute Gasteiger partial charge is 0.180 e. The summed E-state index contributed by atoms with van der Waals surface area (Å²) in [6, 6.07) is 19.3. The average Bonchev–Trinajstić information content (AvgIpc) is 2.66. The van der Waals surface area contributed by atoms with Crippen molar-refractivity contribution in [1.82, 2.24) is 0 Å². The highest BCUT2D eigenvalue weighted by Gasteiger charge is 2.12. The van der Waals surface area contributed by atoms with Gasteiger partial charge in [0.25, 0.3) is 0 Å². The third-order valence-electron chi connectivity index (χ3n) is 3.90. The van der Waals surface area contributed by atoms with Crippen molar-refractivity contribution < 1.29 is 9.47 Å². The van der Waals surface area contributed by atoms with E-state index in [0.29, 0.717) is 34.7 Å². The number of halogens is 3. The van der Waals surface area contributed by atoms with Gasteiger partial charge in [0.1, 0.15) is 6.61 Å². The second kappa shape index (κ2) is 9.36. The molecule has 0 aliphatic carbocycles. The third-order valence-corrected chi connectivity index (χ3v) is 4.95. The first kappa shape index (κ1) is 19.9. The minimum atomic E-state index is 0.354. The Morgan fingerprint density at radius 2 is 1.74 bits per heavy atom. The Morgan fingerprint density at radius 3 is 2.44 bits per heavy atom. The van der Waals surface area contributed by atoms with E-state index < -0.39 is 0 Å². The molecule has 0 radical (unpaired) electrons. The van der Waals surface area contributed by atoms with Crippen LogP contribution in [-0.4, -0.2) is 7.11 Å². The topological polar surface area (TPSA) is 30.5 Å². The molecule has 140 valence electrons. The van der Waals surface area contributed by atoms with Gasteiger partial charge < -0.3 is 14.8 Å². The normalized spacial score (nSPS) is 10.5. The van der Waals surface area contributed by atoms with Gasteiger partial charge in [-0.2, -0.15) is 0 Å². The van der Waals surface area contributed by atoms with Gasteiger partial charge in [0.05, 0.1) is 12.1 Å². The van der Waals surface area contributed by atoms with Crippen molar-refractivity contribution in [2.75, 3.05) is 12.4 Å². The molecule has 3 nitrogen and oxygen atoms in total. The van der Waals surface area contributed by atoms with Gasteiger partial charge in [-0.05, 0) is 59.7 Å². The van der Waals surface area contributed by atoms with Crippen molar-refractivity contribution in [3.8, 4) is 11.5 Å². The highest BCUT2D eigenvalue weighted by molar-refractivity contribution is 9.10. The Bertz CT molecular complexity index is 917. The summed E-state index contributed by atoms with van der Waals surface area (Å²) in [5.74, 6) is 1.11. The molecule has 1 N–H and O–H groups in total. The summed E-state index contributed by atoms with van der Waals surface area (Å²) in [7, 11) is 1.60. The summed E-state index contributed by atoms with van der Waals surface area (Å²) in [5.41, 5.74) is 2.98. The highest BCUT2D eigenvalue weighted by Crippen LogP contribution is 2.37. The maximum Gasteiger partial charge on any atom is 0.180 e. The zero-order valence-electron chi connectivity index (χ0n) is 14.6. The van der Waals surface area contributed by atoms with Gasteiger partial charge in [-0.1, -0.05) is 51.3 Å². The van der Waals surface area contributed by atoms with E-state index in [4.69, 9.17) is 32.7 Å². The number of anilines is 1. The molecule has 0 aliphatic heterocycles. The van der Waals surface area contributed by atoms with Crippen molar-refractivity contribution in [2.45, 2.75) is 13.2 Å². The van der Waals surface area contributed by atoms with Gasteiger partial charge >= 0.3 is 0 Å². The quantitative estimate of drug-likeness (QED) is 0.408. The largest absolute Gasteiger partial charge is 0.493 e. The molecule has 0 saturated carbocycles. The molecule has 27 heavy (non-hydrogen) atoms. The molecule has 0 fully saturated rings. The van der Waals surface area contributed by atoms with Crippen LogP contribution in [0.1, 0.15) is 11.1 Å². The molecule has 3 aromatic rings. The van der Waals surface area contributed by atoms with Gasteiger partial charge in [-0.3, -0.25) is 0 Å². The number of benzene rings is 3. The number of ether oxygens (including phenoxy) is 2. The van der Waals surface area contributed by atoms with E-state index in [1.165, 1.54) is 0 Å². The first-order valence-corrected chi connectivity index (χ1v) is 9.83. The van der Waals surface area contributed by atoms with Crippen LogP contribution < -0.4 is 14.8 Å². The van der Waals surface area contributed by atoms with Crippen molar-refractivity contribution in [2.24, 2.45) is 0 Å². The lowest BCUT2D eigenvalue weighted by Gasteiger charge is -2.15. The lowest BCUT2D eigenvalue weighted by Crippen LogP contribution is -2.02. The Hall–Kier alpha value is -1.88. The lowest BCUT2D eigenvalue weighted by molar-refractivity contribution is 0.284. The maximum absolute atomic E-state index is 6.45. The molecule has 3 rings (SSSR count). The first-order chi connectivity index (χ1) is 13.0. The Balaban J connectivity index is 1.71. The predicted molar refractivity (Wildman–Crippen MR) is 115 cm³/mol. The Labute approximate surface area is 177 Å². The Morgan fingerprint density at radius 1 is 0.963 bits per heavy atom. The summed E-state index contributed by atoms with van der Waals surface area (Å²) in [4.78, 5) is 0. The van der Waals surface area contributed by atoms with Crippen LogP contribution in [0.15, 0.2) is 65.1 Å². The number of hydrogen-bond acceptors (Lipinski definition) is 3. The number of rotatable bonds is 7. The Kier molecular flexibility index (Phi) is 6.89. The molecular weight excluding hydrogens is 449 g/mol. The second-order valence-electron chi connectivity index (χ2n) is 5.89. The van der Waals surface area contributed by atoms with Gasteiger partial charge in [0.15, 0.2) is 11.5 Å². The van der Waals surface area contributed by atoms with Crippen LogP contribution in [-0.2, 0) is 13.2 Å². The molecule has 3 aromatic carbocycles. The zero-order valence-corrected chi connectivity index (χ0v) is 17.7. The van der Waals surface area contributed by atoms with Crippen molar-refractivity contribution >= 4 is 44.8 Å². The summed E-state index contributed by atoms with van der Waals surface area (Å²) in [6.07, 6.45) is 0. The van der Waals surface area contributed by atoms with Crippen molar-refractivity contribution in [3.05, 3.63) is 86.3 Å². The third kappa shape index (κ3) is 5.55. The maximum atomic E-state index is 6.45. The molecule has 0 unspecified atom stereocenters. The molecule has 0 atom stereocenters. The fourth-order valence-corrected chi connectivity index (χ4v) is 3.33. The number of hydrogen-bond donors (Lipinski definition) is 1. The average molecular weight is 467 g/mol. The summed E-state index contributed by atoms with van der Waals surface area (Å²) in [6.45, 7) is 0.972. The lowest BCUT2D eigenvalue weighted by atomic mass is 10.2. The summed E-state index contributed by atoms with van der Waals surface area (Å²) in [5, 5.41) is 4.53. The minimum Gasteiger partial charge on any atom is -0.493 e. The number of nitrogens with one attached hydrogen (secondary N) is 1. The summed E-state index contributed by atoms with van der Waals surface area (Å²) >= 11 is 15.9. The molecule has 0 spiro atoms. The van der Waals surface area contributed by atoms with Crippen molar-refractivity contribution in [1.29, 1.82) is 0 Å². The predicted octanol–water partition coefficient (Wildman–Crippen LogP) is 6.96. The van der Waals surface area contributed by atoms with Crippen LogP contribution in [0.25, 0.3) is 0 Å². The van der Waals surface area contributed by atoms with Crippen LogP contribution in [0.4, 0.5) is 5.69 Å². The molecule has 0 aromatic heterocycles. The summed E-state index contributed by atoms with van der Waals surface area (Å²) < 4.78 is 12.4. The van der Waals surface area contributed by atoms with Crippen molar-refractivity contribution in [3.63, 3.8) is 0 Å². The highest BCUT2D eigenvalue weighted by atomic mass is 79.9. The van der Waals surface area contributed by atoms with E-state index in [9.17, 15) is 0 Å². The van der Waals surface area contributed by atoms with E-state index in [1.54, 1.807) is 7.11 Å². The van der Waals surface area contributed by atoms with Crippen LogP contribution in [0.5, 0.6) is 11.5 Å². The van der Waals surface area contributed by atoms with Gasteiger partial charge in [-0.25, -0.2) is 0 Å². The molecular formula is C21H18BrCl2NO2. The van der Waals surface area contributed by atoms with Crippen LogP contribution in [0.3, 0.4) is 0 Å². The molecule has 0 aliphatic rings. The fourth-order valence-electron chi connectivity index (χ4n) is 2.57. The van der Waals surface area contributed by atoms with E-state index >= 15 is 0 Å². The second-order valence-corrected chi connectivity index (χ2v) is 7.65. The van der Waals surface area contributed by atoms with Gasteiger partial charge in [0, 0.05) is 21.7 Å². The fraction of sp³-hybridized carbons (Fsp3) is 0.143.